The maximum Gasteiger partial charge on any atom is 0.0522 e. The second kappa shape index (κ2) is 5.40. The molecule has 2 atom stereocenters. The van der Waals surface area contributed by atoms with E-state index in [1.54, 1.807) is 0 Å². The number of aromatic amines is 1. The van der Waals surface area contributed by atoms with E-state index in [-0.39, 0.29) is 12.4 Å². The molecule has 1 aromatic heterocycles. The molecule has 0 amide bonds. The minimum atomic E-state index is 0. The minimum Gasteiger partial charge on any atom is -0.300 e. The first-order valence-corrected chi connectivity index (χ1v) is 6.63. The number of hydrogen-bond acceptors (Lipinski definition) is 2. The molecular weight excluding hydrogens is 234 g/mol. The third-order valence-corrected chi connectivity index (χ3v) is 4.25. The number of fused-ring (bicyclic) bond motifs is 2. The first kappa shape index (κ1) is 12.9. The first-order valence-electron chi connectivity index (χ1n) is 6.63. The van der Waals surface area contributed by atoms with Crippen LogP contribution in [0.25, 0.3) is 0 Å². The van der Waals surface area contributed by atoms with Gasteiger partial charge in [0.15, 0.2) is 0 Å². The Morgan fingerprint density at radius 1 is 1.47 bits per heavy atom. The Kier molecular flexibility index (Phi) is 4.10. The van der Waals surface area contributed by atoms with Gasteiger partial charge in [-0.3, -0.25) is 10.00 Å². The molecule has 2 heterocycles. The van der Waals surface area contributed by atoms with Gasteiger partial charge in [-0.05, 0) is 56.7 Å². The van der Waals surface area contributed by atoms with Crippen LogP contribution in [-0.4, -0.2) is 34.2 Å². The molecule has 1 fully saturated rings. The molecule has 3 nitrogen and oxygen atoms in total. The topological polar surface area (TPSA) is 31.9 Å². The summed E-state index contributed by atoms with van der Waals surface area (Å²) in [5.41, 5.74) is 2.86. The molecular formula is C13H22ClN3. The highest BCUT2D eigenvalue weighted by molar-refractivity contribution is 5.85. The van der Waals surface area contributed by atoms with Crippen molar-refractivity contribution in [3.05, 3.63) is 17.5 Å². The highest BCUT2D eigenvalue weighted by Crippen LogP contribution is 2.34. The molecule has 0 bridgehead atoms. The summed E-state index contributed by atoms with van der Waals surface area (Å²) in [6.07, 6.45) is 8.54. The number of hydrogen-bond donors (Lipinski definition) is 1. The summed E-state index contributed by atoms with van der Waals surface area (Å²) in [7, 11) is 0. The fraction of sp³-hybridized carbons (Fsp3) is 0.769. The highest BCUT2D eigenvalue weighted by atomic mass is 35.5. The van der Waals surface area contributed by atoms with Gasteiger partial charge in [0.05, 0.1) is 6.20 Å². The van der Waals surface area contributed by atoms with Gasteiger partial charge in [0, 0.05) is 11.7 Å². The predicted molar refractivity (Wildman–Crippen MR) is 71.6 cm³/mol. The van der Waals surface area contributed by atoms with Crippen molar-refractivity contribution in [1.82, 2.24) is 15.1 Å². The molecule has 1 N–H and O–H groups in total. The van der Waals surface area contributed by atoms with E-state index in [9.17, 15) is 0 Å². The Bertz CT molecular complexity index is 361. The molecule has 0 saturated carbocycles. The van der Waals surface area contributed by atoms with Crippen LogP contribution in [0.15, 0.2) is 6.20 Å². The summed E-state index contributed by atoms with van der Waals surface area (Å²) in [5.74, 6) is 0.869. The quantitative estimate of drug-likeness (QED) is 0.880. The zero-order valence-corrected chi connectivity index (χ0v) is 11.3. The van der Waals surface area contributed by atoms with Crippen molar-refractivity contribution in [2.24, 2.45) is 5.92 Å². The number of nitrogens with one attached hydrogen (secondary N) is 1. The van der Waals surface area contributed by atoms with Crippen LogP contribution in [0, 0.1) is 5.92 Å². The first-order chi connectivity index (χ1) is 7.88. The van der Waals surface area contributed by atoms with Gasteiger partial charge in [0.25, 0.3) is 0 Å². The maximum absolute atomic E-state index is 4.19. The lowest BCUT2D eigenvalue weighted by molar-refractivity contribution is 0.0850. The summed E-state index contributed by atoms with van der Waals surface area (Å²) in [4.78, 5) is 2.71. The summed E-state index contributed by atoms with van der Waals surface area (Å²) in [5, 5.41) is 7.36. The Morgan fingerprint density at radius 3 is 3.18 bits per heavy atom. The molecule has 0 aromatic carbocycles. The van der Waals surface area contributed by atoms with Crippen LogP contribution in [0.3, 0.4) is 0 Å². The Morgan fingerprint density at radius 2 is 2.35 bits per heavy atom. The van der Waals surface area contributed by atoms with Crippen molar-refractivity contribution in [2.45, 2.75) is 45.1 Å². The van der Waals surface area contributed by atoms with Gasteiger partial charge in [0.2, 0.25) is 0 Å². The molecule has 0 unspecified atom stereocenters. The van der Waals surface area contributed by atoms with Gasteiger partial charge in [0.1, 0.15) is 0 Å². The fourth-order valence-electron chi connectivity index (χ4n) is 3.49. The molecule has 3 rings (SSSR count). The maximum atomic E-state index is 4.19. The van der Waals surface area contributed by atoms with Crippen LogP contribution < -0.4 is 0 Å². The molecule has 96 valence electrons. The molecule has 0 radical (unpaired) electrons. The van der Waals surface area contributed by atoms with E-state index in [2.05, 4.69) is 22.0 Å². The zero-order chi connectivity index (χ0) is 11.0. The second-order valence-electron chi connectivity index (χ2n) is 5.29. The van der Waals surface area contributed by atoms with Crippen LogP contribution in [0.5, 0.6) is 0 Å². The van der Waals surface area contributed by atoms with Crippen molar-refractivity contribution >= 4 is 12.4 Å². The number of H-pyrrole nitrogens is 1. The number of nitrogens with zero attached hydrogens (tertiary/aromatic N) is 2. The third-order valence-electron chi connectivity index (χ3n) is 4.25. The average molecular weight is 256 g/mol. The van der Waals surface area contributed by atoms with Crippen LogP contribution in [0.1, 0.15) is 37.4 Å². The van der Waals surface area contributed by atoms with Crippen molar-refractivity contribution in [3.8, 4) is 0 Å². The summed E-state index contributed by atoms with van der Waals surface area (Å²) < 4.78 is 0. The molecule has 0 spiro atoms. The van der Waals surface area contributed by atoms with Gasteiger partial charge in [-0.15, -0.1) is 12.4 Å². The number of halogens is 1. The van der Waals surface area contributed by atoms with E-state index >= 15 is 0 Å². The molecule has 1 aliphatic carbocycles. The normalized spacial score (nSPS) is 28.1. The van der Waals surface area contributed by atoms with Crippen molar-refractivity contribution in [1.29, 1.82) is 0 Å². The Hall–Kier alpha value is -0.540. The zero-order valence-electron chi connectivity index (χ0n) is 10.5. The van der Waals surface area contributed by atoms with E-state index in [0.29, 0.717) is 0 Å². The largest absolute Gasteiger partial charge is 0.300 e. The van der Waals surface area contributed by atoms with Gasteiger partial charge >= 0.3 is 0 Å². The minimum absolute atomic E-state index is 0. The van der Waals surface area contributed by atoms with Crippen LogP contribution in [0.4, 0.5) is 0 Å². The lowest BCUT2D eigenvalue weighted by Crippen LogP contribution is -2.49. The number of aromatic nitrogens is 2. The molecule has 1 aliphatic heterocycles. The molecule has 1 aromatic rings. The predicted octanol–water partition coefficient (Wildman–Crippen LogP) is 2.42. The van der Waals surface area contributed by atoms with E-state index in [1.807, 2.05) is 6.20 Å². The summed E-state index contributed by atoms with van der Waals surface area (Å²) in [6.45, 7) is 4.87. The van der Waals surface area contributed by atoms with Crippen molar-refractivity contribution in [2.75, 3.05) is 13.1 Å². The van der Waals surface area contributed by atoms with E-state index < -0.39 is 0 Å². The van der Waals surface area contributed by atoms with Crippen LogP contribution >= 0.6 is 12.4 Å². The van der Waals surface area contributed by atoms with Crippen LogP contribution in [-0.2, 0) is 12.8 Å². The van der Waals surface area contributed by atoms with Crippen LogP contribution in [0.2, 0.25) is 0 Å². The lowest BCUT2D eigenvalue weighted by Gasteiger charge is -2.43. The molecule has 17 heavy (non-hydrogen) atoms. The summed E-state index contributed by atoms with van der Waals surface area (Å²) in [6, 6.07) is 0.791. The van der Waals surface area contributed by atoms with Crippen molar-refractivity contribution in [3.63, 3.8) is 0 Å². The standard InChI is InChI=1S/C13H21N3.ClH/c1-2-5-16-6-3-4-10-7-12-11(8-13(10)16)9-14-15-12;/h9-10,13H,2-8H2,1H3,(H,14,15);1H/t10-,13+;/m0./s1. The lowest BCUT2D eigenvalue weighted by atomic mass is 9.77. The van der Waals surface area contributed by atoms with Crippen molar-refractivity contribution < 1.29 is 0 Å². The Labute approximate surface area is 109 Å². The average Bonchev–Trinajstić information content (AvgIpc) is 2.74. The second-order valence-corrected chi connectivity index (χ2v) is 5.29. The number of rotatable bonds is 2. The van der Waals surface area contributed by atoms with E-state index in [4.69, 9.17) is 0 Å². The monoisotopic (exact) mass is 255 g/mol. The fourth-order valence-corrected chi connectivity index (χ4v) is 3.49. The Balaban J connectivity index is 0.00000108. The highest BCUT2D eigenvalue weighted by Gasteiger charge is 2.35. The number of piperidine rings is 1. The van der Waals surface area contributed by atoms with E-state index in [0.717, 1.165) is 12.0 Å². The van der Waals surface area contributed by atoms with Gasteiger partial charge < -0.3 is 0 Å². The molecule has 4 heteroatoms. The third kappa shape index (κ3) is 2.36. The molecule has 2 aliphatic rings. The van der Waals surface area contributed by atoms with Gasteiger partial charge in [-0.25, -0.2) is 0 Å². The van der Waals surface area contributed by atoms with Gasteiger partial charge in [-0.1, -0.05) is 6.92 Å². The summed E-state index contributed by atoms with van der Waals surface area (Å²) >= 11 is 0. The SMILES string of the molecule is CCCN1CCC[C@H]2Cc3[nH]ncc3C[C@H]21.Cl. The smallest absolute Gasteiger partial charge is 0.0522 e. The van der Waals surface area contributed by atoms with E-state index in [1.165, 1.54) is 56.5 Å². The molecule has 1 saturated heterocycles. The number of likely N-dealkylation sites (tertiary alicyclic amines) is 1. The van der Waals surface area contributed by atoms with Gasteiger partial charge in [-0.2, -0.15) is 5.10 Å².